The number of imidazole rings is 1. The number of rotatable bonds is 4. The zero-order valence-electron chi connectivity index (χ0n) is 16.4. The Balaban J connectivity index is 1.75. The van der Waals surface area contributed by atoms with Crippen molar-refractivity contribution in [2.24, 2.45) is 7.05 Å². The van der Waals surface area contributed by atoms with Crippen LogP contribution in [-0.2, 0) is 11.8 Å². The summed E-state index contributed by atoms with van der Waals surface area (Å²) in [5.74, 6) is 0.163. The van der Waals surface area contributed by atoms with Gasteiger partial charge in [0.15, 0.2) is 5.15 Å². The molecule has 31 heavy (non-hydrogen) atoms. The van der Waals surface area contributed by atoms with E-state index in [4.69, 9.17) is 27.9 Å². The number of para-hydroxylation sites is 2. The third-order valence-corrected chi connectivity index (χ3v) is 6.15. The molecule has 1 aromatic carbocycles. The van der Waals surface area contributed by atoms with Gasteiger partial charge < -0.3 is 14.6 Å². The van der Waals surface area contributed by atoms with Crippen LogP contribution in [0.4, 0.5) is 5.69 Å². The van der Waals surface area contributed by atoms with Crippen molar-refractivity contribution in [3.05, 3.63) is 78.0 Å². The lowest BCUT2D eigenvalue weighted by molar-refractivity contribution is -0.110. The van der Waals surface area contributed by atoms with E-state index in [2.05, 4.69) is 10.3 Å². The summed E-state index contributed by atoms with van der Waals surface area (Å²) in [7, 11) is 3.13. The lowest BCUT2D eigenvalue weighted by Crippen LogP contribution is -2.29. The molecule has 0 aliphatic carbocycles. The second-order valence-electron chi connectivity index (χ2n) is 6.51. The largest absolute Gasteiger partial charge is 0.495 e. The maximum atomic E-state index is 12.7. The van der Waals surface area contributed by atoms with Gasteiger partial charge in [-0.25, -0.2) is 4.98 Å². The number of amides is 1. The molecule has 3 heterocycles. The van der Waals surface area contributed by atoms with E-state index in [0.717, 1.165) is 0 Å². The van der Waals surface area contributed by atoms with Gasteiger partial charge in [-0.1, -0.05) is 35.3 Å². The van der Waals surface area contributed by atoms with Crippen LogP contribution in [0.15, 0.2) is 47.4 Å². The Labute approximate surface area is 190 Å². The Bertz CT molecular complexity index is 1490. The number of carbonyl (C=O) groups excluding carboxylic acids is 1. The van der Waals surface area contributed by atoms with Crippen molar-refractivity contribution in [2.75, 3.05) is 12.4 Å². The molecule has 0 radical (unpaired) electrons. The lowest BCUT2D eigenvalue weighted by Gasteiger charge is -2.07. The quantitative estimate of drug-likeness (QED) is 0.493. The number of nitrogens with one attached hydrogen (secondary N) is 1. The average Bonchev–Trinajstić information content (AvgIpc) is 3.18. The highest BCUT2D eigenvalue weighted by Crippen LogP contribution is 2.23. The lowest BCUT2D eigenvalue weighted by atomic mass is 10.3. The Hall–Kier alpha value is -3.07. The molecule has 0 aliphatic rings. The van der Waals surface area contributed by atoms with E-state index >= 15 is 0 Å². The molecular formula is C21H16Cl2N4O3S. The maximum absolute atomic E-state index is 12.7. The minimum absolute atomic E-state index is 0.247. The second kappa shape index (κ2) is 8.58. The number of nitrogens with zero attached hydrogens (tertiary/aromatic N) is 3. The normalized spacial score (nSPS) is 12.5. The van der Waals surface area contributed by atoms with Crippen LogP contribution < -0.4 is 24.8 Å². The molecule has 4 aromatic rings. The van der Waals surface area contributed by atoms with Crippen molar-refractivity contribution >= 4 is 63.9 Å². The number of methoxy groups -OCH3 is 1. The van der Waals surface area contributed by atoms with Crippen molar-refractivity contribution in [3.63, 3.8) is 0 Å². The highest BCUT2D eigenvalue weighted by atomic mass is 35.5. The molecule has 0 aliphatic heterocycles. The molecule has 4 rings (SSSR count). The van der Waals surface area contributed by atoms with Gasteiger partial charge >= 0.3 is 0 Å². The third-order valence-electron chi connectivity index (χ3n) is 4.53. The monoisotopic (exact) mass is 474 g/mol. The number of aromatic nitrogens is 3. The summed E-state index contributed by atoms with van der Waals surface area (Å²) >= 11 is 13.5. The minimum Gasteiger partial charge on any atom is -0.495 e. The summed E-state index contributed by atoms with van der Waals surface area (Å²) in [5, 5.41) is 3.54. The van der Waals surface area contributed by atoms with E-state index in [1.807, 2.05) is 6.07 Å². The van der Waals surface area contributed by atoms with Gasteiger partial charge in [0.1, 0.15) is 16.1 Å². The molecule has 158 valence electrons. The highest BCUT2D eigenvalue weighted by Gasteiger charge is 2.11. The molecule has 0 bridgehead atoms. The molecule has 0 fully saturated rings. The number of fused-ring (bicyclic) bond motifs is 1. The van der Waals surface area contributed by atoms with Crippen LogP contribution >= 0.6 is 34.5 Å². The summed E-state index contributed by atoms with van der Waals surface area (Å²) in [6.07, 6.45) is 4.75. The van der Waals surface area contributed by atoms with Gasteiger partial charge in [0.25, 0.3) is 11.5 Å². The SMILES string of the molecule is COc1ccccc1NC(=O)/C=c1/s/c(=C\c2c(Cl)nc3cc(Cl)ccn23)c(=O)n1C. The Morgan fingerprint density at radius 1 is 1.26 bits per heavy atom. The summed E-state index contributed by atoms with van der Waals surface area (Å²) in [4.78, 5) is 29.5. The standard InChI is InChI=1S/C21H16Cl2N4O3S/c1-26-19(11-18(28)24-13-5-3-4-6-15(13)30-2)31-16(21(26)29)10-14-20(23)25-17-9-12(22)7-8-27(14)17/h3-11H,1-2H3,(H,24,28)/b16-10-,19-11+. The van der Waals surface area contributed by atoms with Crippen LogP contribution in [0.2, 0.25) is 10.2 Å². The average molecular weight is 475 g/mol. The van der Waals surface area contributed by atoms with Crippen LogP contribution in [0.5, 0.6) is 5.75 Å². The molecular weight excluding hydrogens is 459 g/mol. The zero-order chi connectivity index (χ0) is 22.1. The second-order valence-corrected chi connectivity index (χ2v) is 8.36. The van der Waals surface area contributed by atoms with Crippen molar-refractivity contribution in [2.45, 2.75) is 0 Å². The number of hydrogen-bond acceptors (Lipinski definition) is 5. The van der Waals surface area contributed by atoms with Crippen LogP contribution in [0.1, 0.15) is 5.69 Å². The van der Waals surface area contributed by atoms with E-state index in [0.29, 0.717) is 37.0 Å². The first-order valence-electron chi connectivity index (χ1n) is 9.04. The summed E-state index contributed by atoms with van der Waals surface area (Å²) in [5.41, 5.74) is 1.41. The van der Waals surface area contributed by atoms with E-state index in [1.165, 1.54) is 29.1 Å². The Morgan fingerprint density at radius 3 is 2.81 bits per heavy atom. The zero-order valence-corrected chi connectivity index (χ0v) is 18.8. The smallest absolute Gasteiger partial charge is 0.268 e. The molecule has 0 saturated carbocycles. The van der Waals surface area contributed by atoms with Crippen LogP contribution in [-0.4, -0.2) is 27.0 Å². The first kappa shape index (κ1) is 21.2. The summed E-state index contributed by atoms with van der Waals surface area (Å²) < 4.78 is 9.29. The van der Waals surface area contributed by atoms with Gasteiger partial charge in [-0.2, -0.15) is 0 Å². The van der Waals surface area contributed by atoms with E-state index in [1.54, 1.807) is 54.1 Å². The van der Waals surface area contributed by atoms with Crippen molar-refractivity contribution in [3.8, 4) is 5.75 Å². The topological polar surface area (TPSA) is 77.6 Å². The predicted octanol–water partition coefficient (Wildman–Crippen LogP) is 2.66. The first-order valence-corrected chi connectivity index (χ1v) is 10.6. The van der Waals surface area contributed by atoms with Gasteiger partial charge in [0.05, 0.1) is 23.0 Å². The van der Waals surface area contributed by atoms with Gasteiger partial charge in [-0.05, 0) is 24.3 Å². The molecule has 0 atom stereocenters. The number of benzene rings is 1. The molecule has 0 unspecified atom stereocenters. The van der Waals surface area contributed by atoms with E-state index in [-0.39, 0.29) is 16.6 Å². The summed E-state index contributed by atoms with van der Waals surface area (Å²) in [6.45, 7) is 0. The number of ether oxygens (including phenoxy) is 1. The number of halogens is 2. The molecule has 7 nitrogen and oxygen atoms in total. The number of thiazole rings is 1. The number of pyridine rings is 1. The number of hydrogen-bond donors (Lipinski definition) is 1. The van der Waals surface area contributed by atoms with Crippen LogP contribution in [0.3, 0.4) is 0 Å². The molecule has 10 heteroatoms. The summed E-state index contributed by atoms with van der Waals surface area (Å²) in [6, 6.07) is 10.5. The minimum atomic E-state index is -0.379. The van der Waals surface area contributed by atoms with Crippen molar-refractivity contribution in [1.82, 2.24) is 14.0 Å². The van der Waals surface area contributed by atoms with Gasteiger partial charge in [0, 0.05) is 30.4 Å². The van der Waals surface area contributed by atoms with Crippen LogP contribution in [0.25, 0.3) is 17.8 Å². The predicted molar refractivity (Wildman–Crippen MR) is 124 cm³/mol. The molecule has 0 spiro atoms. The van der Waals surface area contributed by atoms with E-state index < -0.39 is 0 Å². The van der Waals surface area contributed by atoms with Gasteiger partial charge in [-0.3, -0.25) is 14.0 Å². The number of anilines is 1. The number of carbonyl (C=O) groups is 1. The van der Waals surface area contributed by atoms with Gasteiger partial charge in [-0.15, -0.1) is 11.3 Å². The molecule has 0 saturated heterocycles. The van der Waals surface area contributed by atoms with Gasteiger partial charge in [0.2, 0.25) is 0 Å². The molecule has 3 aromatic heterocycles. The Morgan fingerprint density at radius 2 is 2.03 bits per heavy atom. The fourth-order valence-corrected chi connectivity index (χ4v) is 4.39. The maximum Gasteiger partial charge on any atom is 0.268 e. The highest BCUT2D eigenvalue weighted by molar-refractivity contribution is 7.07. The molecule has 1 N–H and O–H groups in total. The van der Waals surface area contributed by atoms with E-state index in [9.17, 15) is 9.59 Å². The fraction of sp³-hybridized carbons (Fsp3) is 0.0952. The molecule has 1 amide bonds. The third kappa shape index (κ3) is 4.23. The van der Waals surface area contributed by atoms with Crippen molar-refractivity contribution in [1.29, 1.82) is 0 Å². The first-order chi connectivity index (χ1) is 14.9. The fourth-order valence-electron chi connectivity index (χ4n) is 3.00. The Kier molecular flexibility index (Phi) is 5.86. The van der Waals surface area contributed by atoms with Crippen molar-refractivity contribution < 1.29 is 9.53 Å². The van der Waals surface area contributed by atoms with Crippen LogP contribution in [0, 0.1) is 0 Å².